The lowest BCUT2D eigenvalue weighted by molar-refractivity contribution is -0.274. The standard InChI is InChI=1S/C13H17F3OS/c1-2-3-4-9-18-10-11-5-7-12(8-6-11)17-13(14,15)16/h5-8H,2-4,9-10H2,1H3. The zero-order chi connectivity index (χ0) is 13.4. The van der Waals surface area contributed by atoms with Crippen LogP contribution in [-0.4, -0.2) is 12.1 Å². The van der Waals surface area contributed by atoms with E-state index in [1.807, 2.05) is 0 Å². The molecule has 102 valence electrons. The molecule has 0 N–H and O–H groups in total. The van der Waals surface area contributed by atoms with Crippen LogP contribution >= 0.6 is 11.8 Å². The molecule has 0 spiro atoms. The van der Waals surface area contributed by atoms with Crippen LogP contribution < -0.4 is 4.74 Å². The Morgan fingerprint density at radius 1 is 1.11 bits per heavy atom. The Morgan fingerprint density at radius 2 is 1.78 bits per heavy atom. The molecule has 5 heteroatoms. The average molecular weight is 278 g/mol. The van der Waals surface area contributed by atoms with E-state index < -0.39 is 6.36 Å². The van der Waals surface area contributed by atoms with Crippen LogP contribution in [0.2, 0.25) is 0 Å². The van der Waals surface area contributed by atoms with Gasteiger partial charge in [0, 0.05) is 5.75 Å². The Morgan fingerprint density at radius 3 is 2.33 bits per heavy atom. The van der Waals surface area contributed by atoms with E-state index in [4.69, 9.17) is 0 Å². The highest BCUT2D eigenvalue weighted by atomic mass is 32.2. The van der Waals surface area contributed by atoms with Gasteiger partial charge in [-0.05, 0) is 29.9 Å². The molecular formula is C13H17F3OS. The molecule has 0 amide bonds. The van der Waals surface area contributed by atoms with Crippen LogP contribution in [0.3, 0.4) is 0 Å². The van der Waals surface area contributed by atoms with E-state index >= 15 is 0 Å². The van der Waals surface area contributed by atoms with Crippen molar-refractivity contribution in [1.82, 2.24) is 0 Å². The second-order valence-electron chi connectivity index (χ2n) is 3.95. The van der Waals surface area contributed by atoms with Gasteiger partial charge in [0.2, 0.25) is 0 Å². The fraction of sp³-hybridized carbons (Fsp3) is 0.538. The van der Waals surface area contributed by atoms with E-state index in [0.717, 1.165) is 17.1 Å². The summed E-state index contributed by atoms with van der Waals surface area (Å²) in [6.07, 6.45) is -0.998. The third-order valence-electron chi connectivity index (χ3n) is 2.32. The van der Waals surface area contributed by atoms with Gasteiger partial charge in [-0.3, -0.25) is 0 Å². The predicted octanol–water partition coefficient (Wildman–Crippen LogP) is 5.01. The fourth-order valence-corrected chi connectivity index (χ4v) is 2.41. The summed E-state index contributed by atoms with van der Waals surface area (Å²) in [5, 5.41) is 0. The molecule has 1 rings (SSSR count). The molecule has 0 unspecified atom stereocenters. The minimum absolute atomic E-state index is 0.165. The number of halogens is 3. The van der Waals surface area contributed by atoms with E-state index in [9.17, 15) is 13.2 Å². The van der Waals surface area contributed by atoms with Crippen LogP contribution in [0.4, 0.5) is 13.2 Å². The first-order valence-corrected chi connectivity index (χ1v) is 7.09. The van der Waals surface area contributed by atoms with E-state index in [0.29, 0.717) is 0 Å². The molecule has 1 aromatic rings. The van der Waals surface area contributed by atoms with Gasteiger partial charge in [0.25, 0.3) is 0 Å². The molecule has 0 aliphatic rings. The van der Waals surface area contributed by atoms with Crippen molar-refractivity contribution in [3.63, 3.8) is 0 Å². The summed E-state index contributed by atoms with van der Waals surface area (Å²) >= 11 is 1.80. The molecule has 0 heterocycles. The van der Waals surface area contributed by atoms with Gasteiger partial charge >= 0.3 is 6.36 Å². The van der Waals surface area contributed by atoms with Crippen LogP contribution in [0.5, 0.6) is 5.75 Å². The molecule has 0 aliphatic heterocycles. The molecule has 1 nitrogen and oxygen atoms in total. The van der Waals surface area contributed by atoms with Crippen molar-refractivity contribution < 1.29 is 17.9 Å². The van der Waals surface area contributed by atoms with Crippen LogP contribution in [0.25, 0.3) is 0 Å². The summed E-state index contributed by atoms with van der Waals surface area (Å²) in [5.74, 6) is 1.76. The molecular weight excluding hydrogens is 261 g/mol. The second kappa shape index (κ2) is 7.56. The largest absolute Gasteiger partial charge is 0.573 e. The molecule has 0 aliphatic carbocycles. The van der Waals surface area contributed by atoms with Gasteiger partial charge in [-0.15, -0.1) is 13.2 Å². The quantitative estimate of drug-likeness (QED) is 0.648. The highest BCUT2D eigenvalue weighted by Gasteiger charge is 2.30. The Bertz CT molecular complexity index is 335. The Kier molecular flexibility index (Phi) is 6.39. The molecule has 0 saturated carbocycles. The van der Waals surface area contributed by atoms with Gasteiger partial charge in [0.05, 0.1) is 0 Å². The molecule has 0 saturated heterocycles. The number of benzene rings is 1. The van der Waals surface area contributed by atoms with Crippen LogP contribution in [0, 0.1) is 0 Å². The highest BCUT2D eigenvalue weighted by Crippen LogP contribution is 2.24. The zero-order valence-corrected chi connectivity index (χ0v) is 11.1. The lowest BCUT2D eigenvalue weighted by Crippen LogP contribution is -2.16. The molecule has 1 aromatic carbocycles. The zero-order valence-electron chi connectivity index (χ0n) is 10.3. The number of hydrogen-bond donors (Lipinski definition) is 0. The third-order valence-corrected chi connectivity index (χ3v) is 3.43. The van der Waals surface area contributed by atoms with Gasteiger partial charge in [-0.1, -0.05) is 31.9 Å². The number of alkyl halides is 3. The first kappa shape index (κ1) is 15.2. The lowest BCUT2D eigenvalue weighted by atomic mass is 10.2. The number of thioether (sulfide) groups is 1. The van der Waals surface area contributed by atoms with E-state index in [-0.39, 0.29) is 5.75 Å². The minimum atomic E-state index is -4.61. The normalized spacial score (nSPS) is 11.6. The van der Waals surface area contributed by atoms with Gasteiger partial charge in [0.1, 0.15) is 5.75 Å². The number of ether oxygens (including phenoxy) is 1. The van der Waals surface area contributed by atoms with Crippen molar-refractivity contribution >= 4 is 11.8 Å². The van der Waals surface area contributed by atoms with Crippen molar-refractivity contribution in [3.05, 3.63) is 29.8 Å². The summed E-state index contributed by atoms with van der Waals surface area (Å²) in [6.45, 7) is 2.16. The van der Waals surface area contributed by atoms with E-state index in [1.54, 1.807) is 23.9 Å². The van der Waals surface area contributed by atoms with Crippen molar-refractivity contribution in [2.75, 3.05) is 5.75 Å². The first-order chi connectivity index (χ1) is 8.51. The molecule has 0 atom stereocenters. The number of rotatable bonds is 7. The topological polar surface area (TPSA) is 9.23 Å². The highest BCUT2D eigenvalue weighted by molar-refractivity contribution is 7.98. The maximum absolute atomic E-state index is 11.9. The van der Waals surface area contributed by atoms with Gasteiger partial charge in [-0.25, -0.2) is 0 Å². The Hall–Kier alpha value is -0.840. The smallest absolute Gasteiger partial charge is 0.406 e. The molecule has 18 heavy (non-hydrogen) atoms. The lowest BCUT2D eigenvalue weighted by Gasteiger charge is -2.09. The van der Waals surface area contributed by atoms with Gasteiger partial charge in [-0.2, -0.15) is 11.8 Å². The van der Waals surface area contributed by atoms with Crippen molar-refractivity contribution in [3.8, 4) is 5.75 Å². The van der Waals surface area contributed by atoms with Crippen LogP contribution in [0.15, 0.2) is 24.3 Å². The average Bonchev–Trinajstić information content (AvgIpc) is 2.29. The summed E-state index contributed by atoms with van der Waals surface area (Å²) in [7, 11) is 0. The minimum Gasteiger partial charge on any atom is -0.406 e. The maximum Gasteiger partial charge on any atom is 0.573 e. The van der Waals surface area contributed by atoms with Crippen molar-refractivity contribution in [1.29, 1.82) is 0 Å². The van der Waals surface area contributed by atoms with Gasteiger partial charge < -0.3 is 4.74 Å². The molecule has 0 aromatic heterocycles. The van der Waals surface area contributed by atoms with Crippen molar-refractivity contribution in [2.45, 2.75) is 38.3 Å². The molecule has 0 radical (unpaired) electrons. The monoisotopic (exact) mass is 278 g/mol. The third kappa shape index (κ3) is 6.79. The van der Waals surface area contributed by atoms with Crippen molar-refractivity contribution in [2.24, 2.45) is 0 Å². The van der Waals surface area contributed by atoms with Crippen LogP contribution in [-0.2, 0) is 5.75 Å². The predicted molar refractivity (Wildman–Crippen MR) is 68.8 cm³/mol. The van der Waals surface area contributed by atoms with E-state index in [2.05, 4.69) is 11.7 Å². The van der Waals surface area contributed by atoms with Gasteiger partial charge in [0.15, 0.2) is 0 Å². The summed E-state index contributed by atoms with van der Waals surface area (Å²) in [5.41, 5.74) is 1.02. The molecule has 0 fully saturated rings. The van der Waals surface area contributed by atoms with E-state index in [1.165, 1.54) is 31.4 Å². The Labute approximate surface area is 110 Å². The van der Waals surface area contributed by atoms with Crippen LogP contribution in [0.1, 0.15) is 31.7 Å². The summed E-state index contributed by atoms with van der Waals surface area (Å²) < 4.78 is 39.6. The fourth-order valence-electron chi connectivity index (χ4n) is 1.43. The SMILES string of the molecule is CCCCCSCc1ccc(OC(F)(F)F)cc1. The maximum atomic E-state index is 11.9. The molecule has 0 bridgehead atoms. The first-order valence-electron chi connectivity index (χ1n) is 5.93. The second-order valence-corrected chi connectivity index (χ2v) is 5.06. The summed E-state index contributed by atoms with van der Waals surface area (Å²) in [4.78, 5) is 0. The number of hydrogen-bond acceptors (Lipinski definition) is 2. The Balaban J connectivity index is 2.32. The summed E-state index contributed by atoms with van der Waals surface area (Å²) in [6, 6.07) is 6.06. The number of unbranched alkanes of at least 4 members (excludes halogenated alkanes) is 2.